The number of methoxy groups -OCH3 is 1. The predicted octanol–water partition coefficient (Wildman–Crippen LogP) is 3.23. The molecule has 2 aromatic carbocycles. The third-order valence-electron chi connectivity index (χ3n) is 3.86. The zero-order valence-corrected chi connectivity index (χ0v) is 15.1. The maximum atomic E-state index is 11.8. The van der Waals surface area contributed by atoms with Gasteiger partial charge in [0.15, 0.2) is 0 Å². The van der Waals surface area contributed by atoms with Crippen molar-refractivity contribution in [3.63, 3.8) is 0 Å². The van der Waals surface area contributed by atoms with Gasteiger partial charge in [0.1, 0.15) is 18.1 Å². The van der Waals surface area contributed by atoms with Crippen molar-refractivity contribution in [2.75, 3.05) is 26.8 Å². The van der Waals surface area contributed by atoms with E-state index in [0.717, 1.165) is 34.6 Å². The average Bonchev–Trinajstić information content (AvgIpc) is 2.62. The first-order valence-corrected chi connectivity index (χ1v) is 8.44. The first-order valence-electron chi connectivity index (χ1n) is 8.44. The molecule has 0 heterocycles. The molecule has 0 bridgehead atoms. The van der Waals surface area contributed by atoms with Crippen LogP contribution in [-0.2, 0) is 6.42 Å². The van der Waals surface area contributed by atoms with Gasteiger partial charge in [0.25, 0.3) is 0 Å². The smallest absolute Gasteiger partial charge is 0.314 e. The molecule has 0 unspecified atom stereocenters. The number of hydrogen-bond donors (Lipinski definition) is 2. The van der Waals surface area contributed by atoms with Gasteiger partial charge in [-0.05, 0) is 49.1 Å². The van der Waals surface area contributed by atoms with E-state index in [9.17, 15) is 4.79 Å². The molecular formula is C20H26N2O3. The Morgan fingerprint density at radius 1 is 1.00 bits per heavy atom. The fraction of sp³-hybridized carbons (Fsp3) is 0.350. The number of ether oxygens (including phenoxy) is 2. The Labute approximate surface area is 149 Å². The molecule has 0 saturated carbocycles. The first-order chi connectivity index (χ1) is 12.1. The summed E-state index contributed by atoms with van der Waals surface area (Å²) in [6.07, 6.45) is 0.719. The van der Waals surface area contributed by atoms with Crippen LogP contribution in [0.2, 0.25) is 0 Å². The van der Waals surface area contributed by atoms with Gasteiger partial charge >= 0.3 is 6.03 Å². The molecule has 0 spiro atoms. The summed E-state index contributed by atoms with van der Waals surface area (Å²) in [7, 11) is 1.65. The summed E-state index contributed by atoms with van der Waals surface area (Å²) < 4.78 is 11.0. The topological polar surface area (TPSA) is 59.6 Å². The second kappa shape index (κ2) is 9.57. The Bertz CT molecular complexity index is 701. The van der Waals surface area contributed by atoms with Gasteiger partial charge in [-0.1, -0.05) is 30.3 Å². The second-order valence-corrected chi connectivity index (χ2v) is 5.86. The van der Waals surface area contributed by atoms with Crippen LogP contribution in [0.1, 0.15) is 16.7 Å². The highest BCUT2D eigenvalue weighted by molar-refractivity contribution is 5.73. The molecule has 0 radical (unpaired) electrons. The Morgan fingerprint density at radius 2 is 1.76 bits per heavy atom. The zero-order chi connectivity index (χ0) is 18.1. The van der Waals surface area contributed by atoms with Gasteiger partial charge in [0, 0.05) is 6.54 Å². The molecule has 2 amide bonds. The lowest BCUT2D eigenvalue weighted by Crippen LogP contribution is -2.38. The largest absolute Gasteiger partial charge is 0.496 e. The van der Waals surface area contributed by atoms with Gasteiger partial charge in [0.2, 0.25) is 0 Å². The minimum Gasteiger partial charge on any atom is -0.496 e. The van der Waals surface area contributed by atoms with Crippen molar-refractivity contribution in [1.82, 2.24) is 10.6 Å². The molecule has 0 aliphatic carbocycles. The lowest BCUT2D eigenvalue weighted by atomic mass is 10.1. The molecule has 0 atom stereocenters. The van der Waals surface area contributed by atoms with Gasteiger partial charge in [0.05, 0.1) is 13.7 Å². The Balaban J connectivity index is 1.65. The van der Waals surface area contributed by atoms with Crippen LogP contribution in [0.25, 0.3) is 0 Å². The van der Waals surface area contributed by atoms with Crippen LogP contribution in [0.3, 0.4) is 0 Å². The van der Waals surface area contributed by atoms with Crippen molar-refractivity contribution in [2.24, 2.45) is 0 Å². The van der Waals surface area contributed by atoms with Crippen molar-refractivity contribution in [2.45, 2.75) is 20.3 Å². The van der Waals surface area contributed by atoms with E-state index < -0.39 is 0 Å². The fourth-order valence-corrected chi connectivity index (χ4v) is 2.47. The van der Waals surface area contributed by atoms with Crippen molar-refractivity contribution >= 4 is 6.03 Å². The van der Waals surface area contributed by atoms with Crippen LogP contribution in [-0.4, -0.2) is 32.8 Å². The third kappa shape index (κ3) is 6.03. The van der Waals surface area contributed by atoms with Gasteiger partial charge < -0.3 is 20.1 Å². The SMILES string of the molecule is COc1ccccc1CCNC(=O)NCCOc1cc(C)ccc1C. The van der Waals surface area contributed by atoms with Crippen LogP contribution in [0.5, 0.6) is 11.5 Å². The lowest BCUT2D eigenvalue weighted by molar-refractivity contribution is 0.236. The van der Waals surface area contributed by atoms with Crippen LogP contribution < -0.4 is 20.1 Å². The van der Waals surface area contributed by atoms with Crippen molar-refractivity contribution in [1.29, 1.82) is 0 Å². The number of rotatable bonds is 8. The minimum atomic E-state index is -0.195. The van der Waals surface area contributed by atoms with E-state index >= 15 is 0 Å². The van der Waals surface area contributed by atoms with Gasteiger partial charge in [-0.2, -0.15) is 0 Å². The summed E-state index contributed by atoms with van der Waals surface area (Å²) in [5.74, 6) is 1.70. The van der Waals surface area contributed by atoms with E-state index in [-0.39, 0.29) is 6.03 Å². The Kier molecular flexibility index (Phi) is 7.14. The summed E-state index contributed by atoms with van der Waals surface area (Å²) in [4.78, 5) is 11.8. The number of aryl methyl sites for hydroxylation is 2. The molecule has 2 N–H and O–H groups in total. The minimum absolute atomic E-state index is 0.195. The lowest BCUT2D eigenvalue weighted by Gasteiger charge is -2.12. The third-order valence-corrected chi connectivity index (χ3v) is 3.86. The molecule has 2 aromatic rings. The molecule has 25 heavy (non-hydrogen) atoms. The molecule has 134 valence electrons. The second-order valence-electron chi connectivity index (χ2n) is 5.86. The fourth-order valence-electron chi connectivity index (χ4n) is 2.47. The van der Waals surface area contributed by atoms with E-state index in [1.54, 1.807) is 7.11 Å². The van der Waals surface area contributed by atoms with Crippen molar-refractivity contribution in [3.8, 4) is 11.5 Å². The predicted molar refractivity (Wildman–Crippen MR) is 99.5 cm³/mol. The highest BCUT2D eigenvalue weighted by Crippen LogP contribution is 2.19. The van der Waals surface area contributed by atoms with Crippen LogP contribution >= 0.6 is 0 Å². The molecule has 0 aliphatic heterocycles. The van der Waals surface area contributed by atoms with E-state index in [1.807, 2.05) is 50.2 Å². The number of carbonyl (C=O) groups is 1. The Morgan fingerprint density at radius 3 is 2.56 bits per heavy atom. The molecule has 5 heteroatoms. The normalized spacial score (nSPS) is 10.2. The Hall–Kier alpha value is -2.69. The summed E-state index contributed by atoms with van der Waals surface area (Å²) in [5.41, 5.74) is 3.32. The molecular weight excluding hydrogens is 316 g/mol. The maximum Gasteiger partial charge on any atom is 0.314 e. The molecule has 0 saturated heterocycles. The summed E-state index contributed by atoms with van der Waals surface area (Å²) in [6.45, 7) is 5.47. The summed E-state index contributed by atoms with van der Waals surface area (Å²) >= 11 is 0. The standard InChI is InChI=1S/C20H26N2O3/c1-15-8-9-16(2)19(14-15)25-13-12-22-20(23)21-11-10-17-6-4-5-7-18(17)24-3/h4-9,14H,10-13H2,1-3H3,(H2,21,22,23). The highest BCUT2D eigenvalue weighted by Gasteiger charge is 2.04. The van der Waals surface area contributed by atoms with Gasteiger partial charge in [-0.25, -0.2) is 4.79 Å². The monoisotopic (exact) mass is 342 g/mol. The number of carbonyl (C=O) groups excluding carboxylic acids is 1. The summed E-state index contributed by atoms with van der Waals surface area (Å²) in [6, 6.07) is 13.7. The van der Waals surface area contributed by atoms with Crippen molar-refractivity contribution < 1.29 is 14.3 Å². The number of hydrogen-bond acceptors (Lipinski definition) is 3. The highest BCUT2D eigenvalue weighted by atomic mass is 16.5. The van der Waals surface area contributed by atoms with E-state index in [1.165, 1.54) is 0 Å². The zero-order valence-electron chi connectivity index (χ0n) is 15.1. The van der Waals surface area contributed by atoms with Gasteiger partial charge in [-0.15, -0.1) is 0 Å². The molecule has 0 aliphatic rings. The maximum absolute atomic E-state index is 11.8. The average molecular weight is 342 g/mol. The van der Waals surface area contributed by atoms with Crippen LogP contribution in [0.15, 0.2) is 42.5 Å². The van der Waals surface area contributed by atoms with E-state index in [4.69, 9.17) is 9.47 Å². The number of urea groups is 1. The van der Waals surface area contributed by atoms with Crippen LogP contribution in [0, 0.1) is 13.8 Å². The molecule has 0 aromatic heterocycles. The quantitative estimate of drug-likeness (QED) is 0.724. The van der Waals surface area contributed by atoms with E-state index in [2.05, 4.69) is 16.7 Å². The molecule has 5 nitrogen and oxygen atoms in total. The number of para-hydroxylation sites is 1. The number of amides is 2. The van der Waals surface area contributed by atoms with Crippen LogP contribution in [0.4, 0.5) is 4.79 Å². The number of nitrogens with one attached hydrogen (secondary N) is 2. The molecule has 2 rings (SSSR count). The van der Waals surface area contributed by atoms with Gasteiger partial charge in [-0.3, -0.25) is 0 Å². The summed E-state index contributed by atoms with van der Waals surface area (Å²) in [5, 5.41) is 5.64. The first kappa shape index (κ1) is 18.6. The number of benzene rings is 2. The van der Waals surface area contributed by atoms with Crippen molar-refractivity contribution in [3.05, 3.63) is 59.2 Å². The molecule has 0 fully saturated rings. The van der Waals surface area contributed by atoms with E-state index in [0.29, 0.717) is 19.7 Å².